The summed E-state index contributed by atoms with van der Waals surface area (Å²) in [6, 6.07) is 3.40. The van der Waals surface area contributed by atoms with E-state index in [4.69, 9.17) is 5.84 Å². The Kier molecular flexibility index (Phi) is 4.54. The van der Waals surface area contributed by atoms with E-state index in [1.54, 1.807) is 16.8 Å². The molecule has 21 heavy (non-hydrogen) atoms. The molecule has 0 aliphatic carbocycles. The van der Waals surface area contributed by atoms with E-state index >= 15 is 0 Å². The van der Waals surface area contributed by atoms with Crippen LogP contribution in [0, 0.1) is 6.92 Å². The van der Waals surface area contributed by atoms with Crippen molar-refractivity contribution in [2.24, 2.45) is 12.9 Å². The van der Waals surface area contributed by atoms with Crippen LogP contribution in [0.5, 0.6) is 0 Å². The van der Waals surface area contributed by atoms with E-state index in [1.807, 2.05) is 27.1 Å². The minimum atomic E-state index is -0.160. The first-order valence-electron chi connectivity index (χ1n) is 6.78. The van der Waals surface area contributed by atoms with E-state index in [9.17, 15) is 4.79 Å². The Bertz CT molecular complexity index is 627. The molecule has 0 aliphatic rings. The number of nitrogen functional groups attached to an aromatic ring is 1. The Morgan fingerprint density at radius 3 is 2.76 bits per heavy atom. The molecule has 7 nitrogen and oxygen atoms in total. The molecule has 4 N–H and O–H groups in total. The molecule has 1 amide bonds. The molecule has 0 unspecified atom stereocenters. The molecule has 7 heteroatoms. The zero-order chi connectivity index (χ0) is 15.4. The van der Waals surface area contributed by atoms with Crippen molar-refractivity contribution >= 4 is 11.7 Å². The molecule has 0 atom stereocenters. The van der Waals surface area contributed by atoms with Gasteiger partial charge >= 0.3 is 0 Å². The highest BCUT2D eigenvalue weighted by Crippen LogP contribution is 2.11. The van der Waals surface area contributed by atoms with Gasteiger partial charge in [0, 0.05) is 36.6 Å². The summed E-state index contributed by atoms with van der Waals surface area (Å²) in [6.45, 7) is 4.33. The van der Waals surface area contributed by atoms with Crippen LogP contribution in [0.3, 0.4) is 0 Å². The maximum absolute atomic E-state index is 12.2. The summed E-state index contributed by atoms with van der Waals surface area (Å²) in [5.74, 6) is 5.70. The number of nitrogens with one attached hydrogen (secondary N) is 2. The number of anilines is 1. The third-order valence-corrected chi connectivity index (χ3v) is 3.21. The van der Waals surface area contributed by atoms with Crippen molar-refractivity contribution in [2.75, 3.05) is 5.43 Å². The molecular weight excluding hydrogens is 268 g/mol. The van der Waals surface area contributed by atoms with Gasteiger partial charge in [-0.3, -0.25) is 9.48 Å². The van der Waals surface area contributed by atoms with Crippen LogP contribution in [0.2, 0.25) is 0 Å². The second kappa shape index (κ2) is 6.36. The molecular formula is C14H20N6O. The van der Waals surface area contributed by atoms with Gasteiger partial charge in [0.05, 0.1) is 5.69 Å². The molecule has 2 rings (SSSR count). The average Bonchev–Trinajstić information content (AvgIpc) is 2.81. The van der Waals surface area contributed by atoms with Crippen LogP contribution in [0.15, 0.2) is 18.3 Å². The fourth-order valence-electron chi connectivity index (χ4n) is 2.07. The second-order valence-corrected chi connectivity index (χ2v) is 4.83. The van der Waals surface area contributed by atoms with Crippen LogP contribution in [-0.4, -0.2) is 20.7 Å². The Morgan fingerprint density at radius 1 is 1.43 bits per heavy atom. The fraction of sp³-hybridized carbons (Fsp3) is 0.357. The number of hydrogen-bond acceptors (Lipinski definition) is 5. The Hall–Kier alpha value is -2.41. The zero-order valence-electron chi connectivity index (χ0n) is 12.5. The summed E-state index contributed by atoms with van der Waals surface area (Å²) < 4.78 is 1.73. The monoisotopic (exact) mass is 288 g/mol. The summed E-state index contributed by atoms with van der Waals surface area (Å²) in [5, 5.41) is 7.13. The van der Waals surface area contributed by atoms with Gasteiger partial charge in [-0.25, -0.2) is 10.8 Å². The van der Waals surface area contributed by atoms with Gasteiger partial charge in [0.25, 0.3) is 5.91 Å². The summed E-state index contributed by atoms with van der Waals surface area (Å²) in [5.41, 5.74) is 5.73. The second-order valence-electron chi connectivity index (χ2n) is 4.83. The highest BCUT2D eigenvalue weighted by molar-refractivity contribution is 5.94. The van der Waals surface area contributed by atoms with Crippen LogP contribution in [0.4, 0.5) is 5.82 Å². The van der Waals surface area contributed by atoms with Crippen molar-refractivity contribution in [3.63, 3.8) is 0 Å². The molecule has 2 heterocycles. The normalized spacial score (nSPS) is 10.5. The number of pyridine rings is 1. The predicted molar refractivity (Wildman–Crippen MR) is 80.5 cm³/mol. The van der Waals surface area contributed by atoms with Crippen LogP contribution < -0.4 is 16.6 Å². The van der Waals surface area contributed by atoms with Crippen molar-refractivity contribution in [1.82, 2.24) is 20.1 Å². The molecule has 0 aliphatic heterocycles. The highest BCUT2D eigenvalue weighted by Gasteiger charge is 2.10. The van der Waals surface area contributed by atoms with Gasteiger partial charge in [0.2, 0.25) is 0 Å². The lowest BCUT2D eigenvalue weighted by molar-refractivity contribution is 0.0950. The van der Waals surface area contributed by atoms with Gasteiger partial charge in [-0.05, 0) is 25.5 Å². The van der Waals surface area contributed by atoms with E-state index in [0.29, 0.717) is 17.9 Å². The summed E-state index contributed by atoms with van der Waals surface area (Å²) >= 11 is 0. The number of nitrogens with two attached hydrogens (primary N) is 1. The van der Waals surface area contributed by atoms with Crippen molar-refractivity contribution in [3.8, 4) is 0 Å². The number of aromatic nitrogens is 3. The summed E-state index contributed by atoms with van der Waals surface area (Å²) in [6.07, 6.45) is 2.63. The van der Waals surface area contributed by atoms with Crippen molar-refractivity contribution in [1.29, 1.82) is 0 Å². The molecule has 0 saturated heterocycles. The SMILES string of the molecule is CCc1cc(C(=O)NCc2cn(C)nc2C)cc(NN)n1. The maximum atomic E-state index is 12.2. The van der Waals surface area contributed by atoms with E-state index in [-0.39, 0.29) is 5.91 Å². The van der Waals surface area contributed by atoms with Crippen LogP contribution in [0.25, 0.3) is 0 Å². The Balaban J connectivity index is 2.11. The van der Waals surface area contributed by atoms with Crippen molar-refractivity contribution in [2.45, 2.75) is 26.8 Å². The van der Waals surface area contributed by atoms with E-state index in [2.05, 4.69) is 20.8 Å². The highest BCUT2D eigenvalue weighted by atomic mass is 16.1. The van der Waals surface area contributed by atoms with E-state index in [0.717, 1.165) is 23.4 Å². The first-order valence-corrected chi connectivity index (χ1v) is 6.78. The van der Waals surface area contributed by atoms with Gasteiger partial charge in [0.15, 0.2) is 0 Å². The molecule has 2 aromatic rings. The Morgan fingerprint density at radius 2 is 2.19 bits per heavy atom. The van der Waals surface area contributed by atoms with Gasteiger partial charge in [-0.15, -0.1) is 0 Å². The number of rotatable bonds is 5. The summed E-state index contributed by atoms with van der Waals surface area (Å²) in [4.78, 5) is 16.5. The summed E-state index contributed by atoms with van der Waals surface area (Å²) in [7, 11) is 1.86. The molecule has 2 aromatic heterocycles. The molecule has 0 aromatic carbocycles. The van der Waals surface area contributed by atoms with Gasteiger partial charge in [-0.2, -0.15) is 5.10 Å². The van der Waals surface area contributed by atoms with Crippen LogP contribution >= 0.6 is 0 Å². The molecule has 0 radical (unpaired) electrons. The standard InChI is InChI=1S/C14H20N6O/c1-4-12-5-10(6-13(17-12)18-15)14(21)16-7-11-8-20(3)19-9(11)2/h5-6,8H,4,7,15H2,1-3H3,(H,16,21)(H,17,18). The van der Waals surface area contributed by atoms with Crippen LogP contribution in [0.1, 0.15) is 34.2 Å². The number of carbonyl (C=O) groups excluding carboxylic acids is 1. The number of hydrogen-bond donors (Lipinski definition) is 3. The topological polar surface area (TPSA) is 97.9 Å². The minimum Gasteiger partial charge on any atom is -0.348 e. The largest absolute Gasteiger partial charge is 0.348 e. The molecule has 112 valence electrons. The number of carbonyl (C=O) groups is 1. The van der Waals surface area contributed by atoms with Gasteiger partial charge in [0.1, 0.15) is 5.82 Å². The number of amides is 1. The van der Waals surface area contributed by atoms with E-state index < -0.39 is 0 Å². The number of nitrogens with zero attached hydrogens (tertiary/aromatic N) is 3. The smallest absolute Gasteiger partial charge is 0.251 e. The van der Waals surface area contributed by atoms with Crippen molar-refractivity contribution in [3.05, 3.63) is 40.8 Å². The van der Waals surface area contributed by atoms with Gasteiger partial charge < -0.3 is 10.7 Å². The zero-order valence-corrected chi connectivity index (χ0v) is 12.5. The quantitative estimate of drug-likeness (QED) is 0.561. The first kappa shape index (κ1) is 15.0. The number of aryl methyl sites for hydroxylation is 3. The molecule has 0 fully saturated rings. The molecule has 0 spiro atoms. The van der Waals surface area contributed by atoms with Gasteiger partial charge in [-0.1, -0.05) is 6.92 Å². The lowest BCUT2D eigenvalue weighted by atomic mass is 10.1. The number of hydrazine groups is 1. The molecule has 0 bridgehead atoms. The van der Waals surface area contributed by atoms with Crippen LogP contribution in [-0.2, 0) is 20.0 Å². The lowest BCUT2D eigenvalue weighted by Gasteiger charge is -2.08. The third-order valence-electron chi connectivity index (χ3n) is 3.21. The van der Waals surface area contributed by atoms with E-state index in [1.165, 1.54) is 0 Å². The Labute approximate surface area is 123 Å². The maximum Gasteiger partial charge on any atom is 0.251 e. The predicted octanol–water partition coefficient (Wildman–Crippen LogP) is 0.902. The third kappa shape index (κ3) is 3.57. The molecule has 0 saturated carbocycles. The first-order chi connectivity index (χ1) is 10.0. The van der Waals surface area contributed by atoms with Crippen molar-refractivity contribution < 1.29 is 4.79 Å². The fourth-order valence-corrected chi connectivity index (χ4v) is 2.07. The lowest BCUT2D eigenvalue weighted by Crippen LogP contribution is -2.23. The minimum absolute atomic E-state index is 0.160. The average molecular weight is 288 g/mol.